The molecule has 0 fully saturated rings. The third-order valence-corrected chi connectivity index (χ3v) is 2.92. The van der Waals surface area contributed by atoms with Gasteiger partial charge < -0.3 is 4.42 Å². The minimum atomic E-state index is -0.579. The summed E-state index contributed by atoms with van der Waals surface area (Å²) in [5.41, 5.74) is 0.524. The summed E-state index contributed by atoms with van der Waals surface area (Å²) in [6.45, 7) is 0.212. The molecule has 0 N–H and O–H groups in total. The molecule has 2 aromatic heterocycles. The second kappa shape index (κ2) is 4.97. The van der Waals surface area contributed by atoms with Crippen molar-refractivity contribution in [1.82, 2.24) is 14.8 Å². The minimum absolute atomic E-state index is 0.171. The van der Waals surface area contributed by atoms with Gasteiger partial charge in [0.05, 0.1) is 19.0 Å². The van der Waals surface area contributed by atoms with E-state index in [4.69, 9.17) is 9.68 Å². The first-order chi connectivity index (χ1) is 9.79. The fourth-order valence-electron chi connectivity index (χ4n) is 1.99. The topological polar surface area (TPSA) is 84.7 Å². The van der Waals surface area contributed by atoms with Crippen LogP contribution < -0.4 is 5.76 Å². The van der Waals surface area contributed by atoms with Gasteiger partial charge in [-0.2, -0.15) is 9.94 Å². The fraction of sp³-hybridized carbons (Fsp3) is 0.143. The normalized spacial score (nSPS) is 10.6. The van der Waals surface area contributed by atoms with E-state index in [-0.39, 0.29) is 18.9 Å². The van der Waals surface area contributed by atoms with Crippen LogP contribution in [0.3, 0.4) is 0 Å². The van der Waals surface area contributed by atoms with Crippen molar-refractivity contribution in [3.63, 3.8) is 0 Å². The van der Waals surface area contributed by atoms with E-state index in [1.165, 1.54) is 0 Å². The molecule has 0 bridgehead atoms. The van der Waals surface area contributed by atoms with Crippen LogP contribution in [0.15, 0.2) is 45.7 Å². The molecule has 98 valence electrons. The van der Waals surface area contributed by atoms with Crippen molar-refractivity contribution in [2.24, 2.45) is 0 Å². The Morgan fingerprint density at radius 2 is 2.15 bits per heavy atom. The Kier molecular flexibility index (Phi) is 3.01. The predicted molar refractivity (Wildman–Crippen MR) is 71.7 cm³/mol. The Hall–Kier alpha value is -2.94. The molecule has 2 heterocycles. The number of hydrogen-bond donors (Lipinski definition) is 0. The van der Waals surface area contributed by atoms with E-state index in [1.54, 1.807) is 6.20 Å². The average molecular weight is 266 g/mol. The molecule has 0 aliphatic heterocycles. The Morgan fingerprint density at radius 3 is 3.00 bits per heavy atom. The maximum Gasteiger partial charge on any atom is 0.437 e. The van der Waals surface area contributed by atoms with Crippen molar-refractivity contribution in [3.05, 3.63) is 47.1 Å². The zero-order chi connectivity index (χ0) is 13.9. The lowest BCUT2D eigenvalue weighted by molar-refractivity contribution is 0.483. The summed E-state index contributed by atoms with van der Waals surface area (Å²) < 4.78 is 6.27. The molecule has 0 amide bonds. The fourth-order valence-corrected chi connectivity index (χ4v) is 1.99. The van der Waals surface area contributed by atoms with Gasteiger partial charge in [0.15, 0.2) is 0 Å². The van der Waals surface area contributed by atoms with Crippen molar-refractivity contribution in [3.8, 4) is 17.7 Å². The van der Waals surface area contributed by atoms with Gasteiger partial charge >= 0.3 is 5.76 Å². The molecule has 20 heavy (non-hydrogen) atoms. The van der Waals surface area contributed by atoms with Crippen molar-refractivity contribution >= 4 is 10.8 Å². The van der Waals surface area contributed by atoms with Crippen LogP contribution in [0, 0.1) is 11.3 Å². The van der Waals surface area contributed by atoms with E-state index >= 15 is 0 Å². The lowest BCUT2D eigenvalue weighted by Crippen LogP contribution is -2.15. The van der Waals surface area contributed by atoms with Crippen LogP contribution in [0.1, 0.15) is 6.42 Å². The van der Waals surface area contributed by atoms with Crippen molar-refractivity contribution < 1.29 is 4.42 Å². The Bertz CT molecular complexity index is 852. The molecule has 3 rings (SSSR count). The smallest absolute Gasteiger partial charge is 0.386 e. The summed E-state index contributed by atoms with van der Waals surface area (Å²) in [7, 11) is 0. The lowest BCUT2D eigenvalue weighted by atomic mass is 10.1. The van der Waals surface area contributed by atoms with Crippen molar-refractivity contribution in [2.45, 2.75) is 13.0 Å². The first-order valence-electron chi connectivity index (χ1n) is 6.08. The number of fused-ring (bicyclic) bond motifs is 1. The van der Waals surface area contributed by atoms with Gasteiger partial charge in [-0.15, -0.1) is 5.10 Å². The van der Waals surface area contributed by atoms with E-state index in [0.29, 0.717) is 5.69 Å². The number of nitriles is 1. The summed E-state index contributed by atoms with van der Waals surface area (Å²) in [6, 6.07) is 11.5. The Balaban J connectivity index is 2.12. The van der Waals surface area contributed by atoms with Gasteiger partial charge in [0.2, 0.25) is 0 Å². The maximum atomic E-state index is 11.7. The number of nitrogens with zero attached hydrogens (tertiary/aromatic N) is 4. The van der Waals surface area contributed by atoms with Crippen LogP contribution in [0.4, 0.5) is 0 Å². The third-order valence-electron chi connectivity index (χ3n) is 2.92. The average Bonchev–Trinajstić information content (AvgIpc) is 2.85. The van der Waals surface area contributed by atoms with Gasteiger partial charge in [-0.25, -0.2) is 4.79 Å². The minimum Gasteiger partial charge on any atom is -0.386 e. The van der Waals surface area contributed by atoms with Crippen LogP contribution in [-0.4, -0.2) is 14.8 Å². The van der Waals surface area contributed by atoms with Crippen LogP contribution in [0.5, 0.6) is 0 Å². The standard InChI is InChI=1S/C14H10N4O2/c15-7-3-9-18-14(19)20-13(17-18)12-11-5-2-1-4-10(11)6-8-16-12/h1-2,4-6,8H,3,9H2. The molecule has 0 unspecified atom stereocenters. The third kappa shape index (κ3) is 2.06. The summed E-state index contributed by atoms with van der Waals surface area (Å²) in [4.78, 5) is 15.9. The predicted octanol–water partition coefficient (Wildman–Crippen LogP) is 1.97. The number of aryl methyl sites for hydroxylation is 1. The number of hydrogen-bond acceptors (Lipinski definition) is 5. The van der Waals surface area contributed by atoms with Gasteiger partial charge in [0.25, 0.3) is 5.89 Å². The van der Waals surface area contributed by atoms with Crippen LogP contribution in [0.25, 0.3) is 22.4 Å². The molecule has 0 atom stereocenters. The molecule has 6 heteroatoms. The summed E-state index contributed by atoms with van der Waals surface area (Å²) >= 11 is 0. The SMILES string of the molecule is N#CCCn1nc(-c2nccc3ccccc23)oc1=O. The molecular weight excluding hydrogens is 256 g/mol. The van der Waals surface area contributed by atoms with Gasteiger partial charge in [-0.1, -0.05) is 24.3 Å². The van der Waals surface area contributed by atoms with Crippen LogP contribution >= 0.6 is 0 Å². The Morgan fingerprint density at radius 1 is 1.30 bits per heavy atom. The maximum absolute atomic E-state index is 11.7. The molecule has 6 nitrogen and oxygen atoms in total. The largest absolute Gasteiger partial charge is 0.437 e. The van der Waals surface area contributed by atoms with Crippen LogP contribution in [-0.2, 0) is 6.54 Å². The summed E-state index contributed by atoms with van der Waals surface area (Å²) in [5.74, 6) is -0.408. The van der Waals surface area contributed by atoms with Crippen LogP contribution in [0.2, 0.25) is 0 Å². The summed E-state index contributed by atoms with van der Waals surface area (Å²) in [5, 5.41) is 14.5. The van der Waals surface area contributed by atoms with Crippen molar-refractivity contribution in [2.75, 3.05) is 0 Å². The zero-order valence-electron chi connectivity index (χ0n) is 10.5. The quantitative estimate of drug-likeness (QED) is 0.723. The highest BCUT2D eigenvalue weighted by Gasteiger charge is 2.13. The highest BCUT2D eigenvalue weighted by Crippen LogP contribution is 2.23. The molecule has 0 aliphatic rings. The highest BCUT2D eigenvalue weighted by atomic mass is 16.4. The molecule has 0 aliphatic carbocycles. The van der Waals surface area contributed by atoms with E-state index in [9.17, 15) is 4.79 Å². The zero-order valence-corrected chi connectivity index (χ0v) is 10.5. The van der Waals surface area contributed by atoms with E-state index in [1.807, 2.05) is 36.4 Å². The van der Waals surface area contributed by atoms with Gasteiger partial charge in [0, 0.05) is 11.6 Å². The number of pyridine rings is 1. The molecule has 0 saturated heterocycles. The van der Waals surface area contributed by atoms with Gasteiger partial charge in [0.1, 0.15) is 5.69 Å². The Labute approximate surface area is 113 Å². The first kappa shape index (κ1) is 12.1. The summed E-state index contributed by atoms with van der Waals surface area (Å²) in [6.07, 6.45) is 1.85. The second-order valence-corrected chi connectivity index (χ2v) is 4.19. The highest BCUT2D eigenvalue weighted by molar-refractivity contribution is 5.92. The molecule has 0 spiro atoms. The van der Waals surface area contributed by atoms with Gasteiger partial charge in [-0.3, -0.25) is 4.98 Å². The first-order valence-corrected chi connectivity index (χ1v) is 6.08. The van der Waals surface area contributed by atoms with E-state index in [2.05, 4.69) is 10.1 Å². The number of benzene rings is 1. The number of aromatic nitrogens is 3. The number of rotatable bonds is 3. The monoisotopic (exact) mass is 266 g/mol. The molecule has 3 aromatic rings. The molecule has 0 saturated carbocycles. The van der Waals surface area contributed by atoms with Gasteiger partial charge in [-0.05, 0) is 11.5 Å². The lowest BCUT2D eigenvalue weighted by Gasteiger charge is -2.00. The second-order valence-electron chi connectivity index (χ2n) is 4.19. The molecular formula is C14H10N4O2. The van der Waals surface area contributed by atoms with Crippen molar-refractivity contribution in [1.29, 1.82) is 5.26 Å². The van der Waals surface area contributed by atoms with E-state index < -0.39 is 5.76 Å². The molecule has 1 aromatic carbocycles. The van der Waals surface area contributed by atoms with E-state index in [0.717, 1.165) is 15.5 Å². The molecule has 0 radical (unpaired) electrons.